The number of hydrogen-bond acceptors (Lipinski definition) is 6. The van der Waals surface area contributed by atoms with Gasteiger partial charge < -0.3 is 9.84 Å². The van der Waals surface area contributed by atoms with Gasteiger partial charge in [-0.05, 0) is 75.3 Å². The minimum absolute atomic E-state index is 0.0127. The number of hydrogen-bond donors (Lipinski definition) is 2. The normalized spacial score (nSPS) is 21.1. The van der Waals surface area contributed by atoms with E-state index >= 15 is 0 Å². The third kappa shape index (κ3) is 4.84. The van der Waals surface area contributed by atoms with Gasteiger partial charge in [0.1, 0.15) is 5.76 Å². The molecule has 5 rings (SSSR count). The molecule has 0 radical (unpaired) electrons. The van der Waals surface area contributed by atoms with Crippen molar-refractivity contribution < 1.29 is 17.7 Å². The molecule has 8 nitrogen and oxygen atoms in total. The summed E-state index contributed by atoms with van der Waals surface area (Å²) < 4.78 is 35.3. The fourth-order valence-electron chi connectivity index (χ4n) is 5.71. The lowest BCUT2D eigenvalue weighted by molar-refractivity contribution is -0.126. The fourth-order valence-corrected chi connectivity index (χ4v) is 7.04. The lowest BCUT2D eigenvalue weighted by Gasteiger charge is -2.22. The highest BCUT2D eigenvalue weighted by atomic mass is 32.2. The summed E-state index contributed by atoms with van der Waals surface area (Å²) in [7, 11) is -3.86. The molecule has 2 heterocycles. The van der Waals surface area contributed by atoms with Crippen LogP contribution in [0.3, 0.4) is 0 Å². The van der Waals surface area contributed by atoms with Crippen LogP contribution in [-0.2, 0) is 14.8 Å². The zero-order valence-electron chi connectivity index (χ0n) is 20.2. The predicted molar refractivity (Wildman–Crippen MR) is 133 cm³/mol. The standard InChI is InChI=1S/C26H32N4O4S/c1-16-25(17(2)34-30-16)19-13-23-22(11-6-12-27-23)24(14-19)35(32,33)28-15-18-7-5-10-21(18)26(31)29-20-8-3-4-9-20/h6,11-14,18,20-21,28H,3-5,7-10,15H2,1-2H3,(H,29,31)/t18-,21+/m0/s1. The molecule has 2 atom stereocenters. The summed E-state index contributed by atoms with van der Waals surface area (Å²) in [6.45, 7) is 3.88. The van der Waals surface area contributed by atoms with Gasteiger partial charge in [0, 0.05) is 35.7 Å². The highest BCUT2D eigenvalue weighted by Gasteiger charge is 2.35. The monoisotopic (exact) mass is 496 g/mol. The number of carbonyl (C=O) groups is 1. The average molecular weight is 497 g/mol. The van der Waals surface area contributed by atoms with Crippen molar-refractivity contribution in [3.05, 3.63) is 41.9 Å². The number of benzene rings is 1. The lowest BCUT2D eigenvalue weighted by atomic mass is 9.95. The zero-order chi connectivity index (χ0) is 24.6. The molecule has 2 N–H and O–H groups in total. The van der Waals surface area contributed by atoms with Crippen molar-refractivity contribution in [2.75, 3.05) is 6.54 Å². The molecule has 0 bridgehead atoms. The van der Waals surface area contributed by atoms with Crippen LogP contribution >= 0.6 is 0 Å². The molecule has 2 saturated carbocycles. The van der Waals surface area contributed by atoms with E-state index in [2.05, 4.69) is 20.2 Å². The Morgan fingerprint density at radius 2 is 1.91 bits per heavy atom. The number of pyridine rings is 1. The summed E-state index contributed by atoms with van der Waals surface area (Å²) in [5.74, 6) is 0.538. The van der Waals surface area contributed by atoms with Crippen LogP contribution in [0.4, 0.5) is 0 Å². The van der Waals surface area contributed by atoms with Crippen molar-refractivity contribution in [1.29, 1.82) is 0 Å². The summed E-state index contributed by atoms with van der Waals surface area (Å²) >= 11 is 0. The summed E-state index contributed by atoms with van der Waals surface area (Å²) in [4.78, 5) is 17.5. The first-order valence-corrected chi connectivity index (χ1v) is 13.9. The number of aromatic nitrogens is 2. The molecular formula is C26H32N4O4S. The van der Waals surface area contributed by atoms with Gasteiger partial charge in [-0.15, -0.1) is 0 Å². The fraction of sp³-hybridized carbons (Fsp3) is 0.500. The van der Waals surface area contributed by atoms with Crippen molar-refractivity contribution in [1.82, 2.24) is 20.2 Å². The van der Waals surface area contributed by atoms with Crippen molar-refractivity contribution >= 4 is 26.8 Å². The van der Waals surface area contributed by atoms with Gasteiger partial charge in [-0.3, -0.25) is 9.78 Å². The molecule has 0 spiro atoms. The zero-order valence-corrected chi connectivity index (χ0v) is 21.0. The number of nitrogens with one attached hydrogen (secondary N) is 2. The van der Waals surface area contributed by atoms with Gasteiger partial charge in [0.15, 0.2) is 0 Å². The molecule has 0 aliphatic heterocycles. The van der Waals surface area contributed by atoms with Gasteiger partial charge in [0.05, 0.1) is 16.1 Å². The van der Waals surface area contributed by atoms with Crippen LogP contribution in [0, 0.1) is 25.7 Å². The Balaban J connectivity index is 1.40. The quantitative estimate of drug-likeness (QED) is 0.505. The minimum Gasteiger partial charge on any atom is -0.361 e. The van der Waals surface area contributed by atoms with E-state index in [1.807, 2.05) is 13.0 Å². The number of carbonyl (C=O) groups excluding carboxylic acids is 1. The second-order valence-corrected chi connectivity index (χ2v) is 11.6. The largest absolute Gasteiger partial charge is 0.361 e. The van der Waals surface area contributed by atoms with E-state index in [-0.39, 0.29) is 35.2 Å². The first-order valence-electron chi connectivity index (χ1n) is 12.5. The van der Waals surface area contributed by atoms with Crippen molar-refractivity contribution in [3.63, 3.8) is 0 Å². The number of sulfonamides is 1. The van der Waals surface area contributed by atoms with Gasteiger partial charge in [0.25, 0.3) is 0 Å². The van der Waals surface area contributed by atoms with E-state index in [9.17, 15) is 13.2 Å². The Hall–Kier alpha value is -2.78. The number of fused-ring (bicyclic) bond motifs is 1. The van der Waals surface area contributed by atoms with E-state index in [0.717, 1.165) is 50.5 Å². The van der Waals surface area contributed by atoms with Crippen molar-refractivity contribution in [2.45, 2.75) is 69.7 Å². The van der Waals surface area contributed by atoms with E-state index in [1.54, 1.807) is 31.3 Å². The average Bonchev–Trinajstić information content (AvgIpc) is 3.59. The second kappa shape index (κ2) is 9.70. The number of aryl methyl sites for hydroxylation is 2. The summed E-state index contributed by atoms with van der Waals surface area (Å²) in [5.41, 5.74) is 2.74. The van der Waals surface area contributed by atoms with Gasteiger partial charge in [0.2, 0.25) is 15.9 Å². The highest BCUT2D eigenvalue weighted by molar-refractivity contribution is 7.89. The first kappa shape index (κ1) is 23.9. The van der Waals surface area contributed by atoms with E-state index in [1.165, 1.54) is 0 Å². The highest BCUT2D eigenvalue weighted by Crippen LogP contribution is 2.35. The van der Waals surface area contributed by atoms with Crippen LogP contribution < -0.4 is 10.0 Å². The van der Waals surface area contributed by atoms with Gasteiger partial charge in [-0.1, -0.05) is 24.4 Å². The predicted octanol–water partition coefficient (Wildman–Crippen LogP) is 4.26. The third-order valence-corrected chi connectivity index (χ3v) is 8.99. The topological polar surface area (TPSA) is 114 Å². The van der Waals surface area contributed by atoms with Crippen LogP contribution in [0.25, 0.3) is 22.0 Å². The van der Waals surface area contributed by atoms with Crippen LogP contribution in [0.15, 0.2) is 39.9 Å². The van der Waals surface area contributed by atoms with Crippen molar-refractivity contribution in [2.24, 2.45) is 11.8 Å². The SMILES string of the molecule is Cc1noc(C)c1-c1cc(S(=O)(=O)NC[C@@H]2CCC[C@H]2C(=O)NC2CCCC2)c2cccnc2c1. The Kier molecular flexibility index (Phi) is 6.63. The maximum Gasteiger partial charge on any atom is 0.241 e. The molecular weight excluding hydrogens is 464 g/mol. The van der Waals surface area contributed by atoms with E-state index in [0.29, 0.717) is 27.9 Å². The molecule has 1 amide bonds. The maximum absolute atomic E-state index is 13.6. The van der Waals surface area contributed by atoms with Gasteiger partial charge >= 0.3 is 0 Å². The molecule has 9 heteroatoms. The van der Waals surface area contributed by atoms with Gasteiger partial charge in [-0.25, -0.2) is 13.1 Å². The smallest absolute Gasteiger partial charge is 0.241 e. The molecule has 35 heavy (non-hydrogen) atoms. The second-order valence-electron chi connectivity index (χ2n) is 9.88. The molecule has 0 unspecified atom stereocenters. The summed E-state index contributed by atoms with van der Waals surface area (Å²) in [6.07, 6.45) is 8.63. The van der Waals surface area contributed by atoms with Crippen LogP contribution in [0.5, 0.6) is 0 Å². The van der Waals surface area contributed by atoms with Crippen LogP contribution in [-0.4, -0.2) is 37.1 Å². The Bertz CT molecular complexity index is 1330. The Labute approximate surface area is 205 Å². The van der Waals surface area contributed by atoms with Crippen LogP contribution in [0.1, 0.15) is 56.4 Å². The van der Waals surface area contributed by atoms with Crippen molar-refractivity contribution in [3.8, 4) is 11.1 Å². The Morgan fingerprint density at radius 3 is 2.66 bits per heavy atom. The number of nitrogens with zero attached hydrogens (tertiary/aromatic N) is 2. The summed E-state index contributed by atoms with van der Waals surface area (Å²) in [6, 6.07) is 7.30. The Morgan fingerprint density at radius 1 is 1.11 bits per heavy atom. The molecule has 3 aromatic rings. The molecule has 1 aromatic carbocycles. The van der Waals surface area contributed by atoms with E-state index in [4.69, 9.17) is 4.52 Å². The molecule has 0 saturated heterocycles. The molecule has 2 aliphatic rings. The minimum atomic E-state index is -3.86. The van der Waals surface area contributed by atoms with E-state index < -0.39 is 10.0 Å². The number of amides is 1. The van der Waals surface area contributed by atoms with Gasteiger partial charge in [-0.2, -0.15) is 0 Å². The van der Waals surface area contributed by atoms with Crippen LogP contribution in [0.2, 0.25) is 0 Å². The summed E-state index contributed by atoms with van der Waals surface area (Å²) in [5, 5.41) is 7.77. The molecule has 186 valence electrons. The molecule has 2 aliphatic carbocycles. The number of rotatable bonds is 7. The maximum atomic E-state index is 13.6. The molecule has 2 fully saturated rings. The lowest BCUT2D eigenvalue weighted by Crippen LogP contribution is -2.41. The third-order valence-electron chi connectivity index (χ3n) is 7.53. The molecule has 2 aromatic heterocycles. The first-order chi connectivity index (χ1) is 16.8.